The molecule has 19 heavy (non-hydrogen) atoms. The van der Waals surface area contributed by atoms with Crippen molar-refractivity contribution >= 4 is 5.91 Å². The van der Waals surface area contributed by atoms with Crippen LogP contribution in [0.1, 0.15) is 18.4 Å². The van der Waals surface area contributed by atoms with Gasteiger partial charge in [-0.05, 0) is 37.0 Å². The van der Waals surface area contributed by atoms with E-state index in [0.717, 1.165) is 6.42 Å². The summed E-state index contributed by atoms with van der Waals surface area (Å²) in [5.74, 6) is -0.568. The van der Waals surface area contributed by atoms with Crippen molar-refractivity contribution in [3.63, 3.8) is 0 Å². The van der Waals surface area contributed by atoms with Crippen molar-refractivity contribution in [3.05, 3.63) is 35.6 Å². The number of rotatable bonds is 3. The van der Waals surface area contributed by atoms with Crippen molar-refractivity contribution in [1.29, 1.82) is 5.26 Å². The molecule has 100 valence electrons. The third kappa shape index (κ3) is 3.09. The third-order valence-corrected chi connectivity index (χ3v) is 3.35. The van der Waals surface area contributed by atoms with Gasteiger partial charge in [-0.1, -0.05) is 12.1 Å². The summed E-state index contributed by atoms with van der Waals surface area (Å²) in [5, 5.41) is 8.96. The molecule has 0 unspecified atom stereocenters. The fourth-order valence-corrected chi connectivity index (χ4v) is 2.38. The summed E-state index contributed by atoms with van der Waals surface area (Å²) in [7, 11) is 0. The lowest BCUT2D eigenvalue weighted by Gasteiger charge is -2.23. The van der Waals surface area contributed by atoms with Crippen LogP contribution in [0.3, 0.4) is 0 Å². The van der Waals surface area contributed by atoms with Gasteiger partial charge in [0, 0.05) is 6.54 Å². The van der Waals surface area contributed by atoms with E-state index in [1.165, 1.54) is 17.0 Å². The topological polar surface area (TPSA) is 70.1 Å². The highest BCUT2D eigenvalue weighted by Crippen LogP contribution is 2.18. The van der Waals surface area contributed by atoms with Gasteiger partial charge in [0.2, 0.25) is 5.91 Å². The van der Waals surface area contributed by atoms with E-state index in [2.05, 4.69) is 6.07 Å². The maximum Gasteiger partial charge on any atom is 0.240 e. The standard InChI is InChI=1S/C14H16FN3O/c15-11-4-1-3-10(7-11)8-13(17)14(19)18-6-2-5-12(18)9-16/h1,3-4,7,12-13H,2,5-6,8,17H2/t12-,13-/m0/s1. The van der Waals surface area contributed by atoms with Crippen LogP contribution in [0.2, 0.25) is 0 Å². The van der Waals surface area contributed by atoms with E-state index in [9.17, 15) is 9.18 Å². The molecule has 2 atom stereocenters. The molecule has 1 heterocycles. The monoisotopic (exact) mass is 261 g/mol. The fourth-order valence-electron chi connectivity index (χ4n) is 2.38. The first-order valence-corrected chi connectivity index (χ1v) is 6.32. The molecule has 1 aliphatic heterocycles. The van der Waals surface area contributed by atoms with Gasteiger partial charge >= 0.3 is 0 Å². The van der Waals surface area contributed by atoms with Crippen LogP contribution in [-0.2, 0) is 11.2 Å². The van der Waals surface area contributed by atoms with Crippen LogP contribution in [0, 0.1) is 17.1 Å². The second-order valence-electron chi connectivity index (χ2n) is 4.76. The van der Waals surface area contributed by atoms with Crippen LogP contribution in [0.5, 0.6) is 0 Å². The smallest absolute Gasteiger partial charge is 0.240 e. The van der Waals surface area contributed by atoms with Crippen molar-refractivity contribution in [2.45, 2.75) is 31.3 Å². The molecule has 0 spiro atoms. The van der Waals surface area contributed by atoms with E-state index in [4.69, 9.17) is 11.0 Å². The zero-order valence-electron chi connectivity index (χ0n) is 10.6. The molecule has 2 N–H and O–H groups in total. The normalized spacial score (nSPS) is 20.1. The molecular weight excluding hydrogens is 245 g/mol. The Balaban J connectivity index is 2.02. The number of hydrogen-bond acceptors (Lipinski definition) is 3. The van der Waals surface area contributed by atoms with E-state index in [1.807, 2.05) is 0 Å². The molecule has 1 saturated heterocycles. The lowest BCUT2D eigenvalue weighted by Crippen LogP contribution is -2.46. The average molecular weight is 261 g/mol. The summed E-state index contributed by atoms with van der Waals surface area (Å²) in [6.07, 6.45) is 1.82. The minimum Gasteiger partial charge on any atom is -0.325 e. The predicted octanol–water partition coefficient (Wildman–Crippen LogP) is 1.21. The summed E-state index contributed by atoms with van der Waals surface area (Å²) < 4.78 is 13.1. The van der Waals surface area contributed by atoms with Gasteiger partial charge in [0.25, 0.3) is 0 Å². The fraction of sp³-hybridized carbons (Fsp3) is 0.429. The van der Waals surface area contributed by atoms with Gasteiger partial charge in [-0.2, -0.15) is 5.26 Å². The number of halogens is 1. The minimum atomic E-state index is -0.726. The molecule has 1 aromatic rings. The van der Waals surface area contributed by atoms with E-state index in [1.54, 1.807) is 12.1 Å². The van der Waals surface area contributed by atoms with Crippen LogP contribution < -0.4 is 5.73 Å². The lowest BCUT2D eigenvalue weighted by molar-refractivity contribution is -0.132. The number of likely N-dealkylation sites (tertiary alicyclic amines) is 1. The zero-order valence-corrected chi connectivity index (χ0v) is 10.6. The van der Waals surface area contributed by atoms with E-state index in [0.29, 0.717) is 18.5 Å². The van der Waals surface area contributed by atoms with E-state index < -0.39 is 6.04 Å². The second kappa shape index (κ2) is 5.81. The predicted molar refractivity (Wildman–Crippen MR) is 68.4 cm³/mol. The van der Waals surface area contributed by atoms with Crippen molar-refractivity contribution in [2.75, 3.05) is 6.54 Å². The summed E-state index contributed by atoms with van der Waals surface area (Å²) >= 11 is 0. The third-order valence-electron chi connectivity index (χ3n) is 3.35. The van der Waals surface area contributed by atoms with Crippen LogP contribution in [0.4, 0.5) is 4.39 Å². The first-order chi connectivity index (χ1) is 9.11. The Morgan fingerprint density at radius 1 is 1.63 bits per heavy atom. The highest BCUT2D eigenvalue weighted by molar-refractivity contribution is 5.82. The number of nitrogens with zero attached hydrogens (tertiary/aromatic N) is 2. The number of hydrogen-bond donors (Lipinski definition) is 1. The highest BCUT2D eigenvalue weighted by Gasteiger charge is 2.31. The summed E-state index contributed by atoms with van der Waals surface area (Å²) in [6, 6.07) is 7.07. The molecule has 5 heteroatoms. The number of amides is 1. The summed E-state index contributed by atoms with van der Waals surface area (Å²) in [5.41, 5.74) is 6.56. The molecule has 0 saturated carbocycles. The van der Waals surface area contributed by atoms with Gasteiger partial charge in [-0.25, -0.2) is 4.39 Å². The summed E-state index contributed by atoms with van der Waals surface area (Å²) in [4.78, 5) is 13.7. The van der Waals surface area contributed by atoms with E-state index in [-0.39, 0.29) is 24.2 Å². The zero-order chi connectivity index (χ0) is 13.8. The molecule has 1 fully saturated rings. The van der Waals surface area contributed by atoms with Gasteiger partial charge in [0.1, 0.15) is 11.9 Å². The Bertz CT molecular complexity index is 512. The van der Waals surface area contributed by atoms with Gasteiger partial charge < -0.3 is 10.6 Å². The average Bonchev–Trinajstić information content (AvgIpc) is 2.86. The number of carbonyl (C=O) groups excluding carboxylic acids is 1. The molecule has 0 aromatic heterocycles. The maximum absolute atomic E-state index is 13.1. The molecule has 4 nitrogen and oxygen atoms in total. The molecule has 1 aromatic carbocycles. The molecule has 1 amide bonds. The molecule has 0 aliphatic carbocycles. The largest absolute Gasteiger partial charge is 0.325 e. The molecule has 1 aliphatic rings. The second-order valence-corrected chi connectivity index (χ2v) is 4.76. The van der Waals surface area contributed by atoms with Gasteiger partial charge in [-0.15, -0.1) is 0 Å². The Labute approximate surface area is 111 Å². The lowest BCUT2D eigenvalue weighted by atomic mass is 10.1. The number of carbonyl (C=O) groups is 1. The number of nitrogens with two attached hydrogens (primary N) is 1. The minimum absolute atomic E-state index is 0.228. The van der Waals surface area contributed by atoms with Crippen molar-refractivity contribution in [1.82, 2.24) is 4.90 Å². The SMILES string of the molecule is N#C[C@@H]1CCCN1C(=O)[C@@H](N)Cc1cccc(F)c1. The molecular formula is C14H16FN3O. The van der Waals surface area contributed by atoms with Crippen LogP contribution in [-0.4, -0.2) is 29.4 Å². The molecule has 0 radical (unpaired) electrons. The Kier molecular flexibility index (Phi) is 4.13. The molecule has 2 rings (SSSR count). The Hall–Kier alpha value is -1.93. The summed E-state index contributed by atoms with van der Waals surface area (Å²) in [6.45, 7) is 0.577. The van der Waals surface area contributed by atoms with Gasteiger partial charge in [0.15, 0.2) is 0 Å². The van der Waals surface area contributed by atoms with Crippen LogP contribution in [0.25, 0.3) is 0 Å². The molecule has 0 bridgehead atoms. The van der Waals surface area contributed by atoms with Gasteiger partial charge in [0.05, 0.1) is 12.1 Å². The van der Waals surface area contributed by atoms with Crippen molar-refractivity contribution < 1.29 is 9.18 Å². The van der Waals surface area contributed by atoms with Crippen molar-refractivity contribution in [2.24, 2.45) is 5.73 Å². The highest BCUT2D eigenvalue weighted by atomic mass is 19.1. The number of nitriles is 1. The van der Waals surface area contributed by atoms with E-state index >= 15 is 0 Å². The first-order valence-electron chi connectivity index (χ1n) is 6.32. The van der Waals surface area contributed by atoms with Gasteiger partial charge in [-0.3, -0.25) is 4.79 Å². The Morgan fingerprint density at radius 2 is 2.42 bits per heavy atom. The quantitative estimate of drug-likeness (QED) is 0.889. The first kappa shape index (κ1) is 13.5. The Morgan fingerprint density at radius 3 is 3.11 bits per heavy atom. The maximum atomic E-state index is 13.1. The van der Waals surface area contributed by atoms with Crippen LogP contribution >= 0.6 is 0 Å². The number of benzene rings is 1. The van der Waals surface area contributed by atoms with Crippen LogP contribution in [0.15, 0.2) is 24.3 Å². The van der Waals surface area contributed by atoms with Crippen molar-refractivity contribution in [3.8, 4) is 6.07 Å².